The molecule has 17 heavy (non-hydrogen) atoms. The largest absolute Gasteiger partial charge is 0.323 e. The maximum Gasteiger partial charge on any atom is 0.0450 e. The van der Waals surface area contributed by atoms with Crippen molar-refractivity contribution in [2.75, 3.05) is 13.1 Å². The summed E-state index contributed by atoms with van der Waals surface area (Å²) in [6.07, 6.45) is 2.63. The highest BCUT2D eigenvalue weighted by molar-refractivity contribution is 5.20. The van der Waals surface area contributed by atoms with E-state index in [1.807, 2.05) is 6.07 Å². The zero-order valence-corrected chi connectivity index (χ0v) is 11.0. The monoisotopic (exact) mass is 232 g/mol. The topological polar surface area (TPSA) is 29.3 Å². The molecule has 0 aliphatic carbocycles. The van der Waals surface area contributed by atoms with Crippen LogP contribution >= 0.6 is 0 Å². The van der Waals surface area contributed by atoms with Crippen molar-refractivity contribution >= 4 is 0 Å². The summed E-state index contributed by atoms with van der Waals surface area (Å²) in [4.78, 5) is 2.55. The number of hydrogen-bond acceptors (Lipinski definition) is 2. The predicted molar refractivity (Wildman–Crippen MR) is 72.8 cm³/mol. The van der Waals surface area contributed by atoms with E-state index < -0.39 is 0 Å². The molecule has 94 valence electrons. The fourth-order valence-electron chi connectivity index (χ4n) is 2.75. The van der Waals surface area contributed by atoms with Crippen molar-refractivity contribution in [1.29, 1.82) is 0 Å². The van der Waals surface area contributed by atoms with E-state index in [2.05, 4.69) is 43.0 Å². The van der Waals surface area contributed by atoms with Crippen molar-refractivity contribution in [1.82, 2.24) is 4.90 Å². The smallest absolute Gasteiger partial charge is 0.0450 e. The van der Waals surface area contributed by atoms with Gasteiger partial charge < -0.3 is 5.73 Å². The molecule has 1 aromatic rings. The Labute approximate surface area is 105 Å². The molecule has 0 radical (unpaired) electrons. The molecule has 2 heteroatoms. The van der Waals surface area contributed by atoms with Crippen LogP contribution in [0.15, 0.2) is 30.3 Å². The molecular formula is C15H24N2. The quantitative estimate of drug-likeness (QED) is 0.865. The van der Waals surface area contributed by atoms with Crippen molar-refractivity contribution in [2.45, 2.75) is 38.8 Å². The minimum Gasteiger partial charge on any atom is -0.323 e. The Morgan fingerprint density at radius 2 is 2.06 bits per heavy atom. The lowest BCUT2D eigenvalue weighted by molar-refractivity contribution is 0.218. The van der Waals surface area contributed by atoms with Crippen molar-refractivity contribution < 1.29 is 0 Å². The van der Waals surface area contributed by atoms with Gasteiger partial charge >= 0.3 is 0 Å². The maximum absolute atomic E-state index is 6.36. The first-order chi connectivity index (χ1) is 8.22. The zero-order valence-electron chi connectivity index (χ0n) is 11.0. The van der Waals surface area contributed by atoms with Crippen molar-refractivity contribution in [3.05, 3.63) is 35.9 Å². The highest BCUT2D eigenvalue weighted by Crippen LogP contribution is 2.26. The van der Waals surface area contributed by atoms with Crippen LogP contribution in [0.5, 0.6) is 0 Å². The summed E-state index contributed by atoms with van der Waals surface area (Å²) in [5, 5.41) is 0. The van der Waals surface area contributed by atoms with Crippen LogP contribution in [0.3, 0.4) is 0 Å². The van der Waals surface area contributed by atoms with Crippen LogP contribution in [0.4, 0.5) is 0 Å². The van der Waals surface area contributed by atoms with Gasteiger partial charge in [-0.05, 0) is 31.4 Å². The van der Waals surface area contributed by atoms with Crippen LogP contribution in [0.1, 0.15) is 38.3 Å². The molecule has 1 aliphatic heterocycles. The molecule has 1 fully saturated rings. The molecule has 1 aliphatic rings. The number of likely N-dealkylation sites (tertiary alicyclic amines) is 1. The predicted octanol–water partition coefficient (Wildman–Crippen LogP) is 2.81. The van der Waals surface area contributed by atoms with E-state index in [4.69, 9.17) is 5.73 Å². The zero-order chi connectivity index (χ0) is 12.3. The summed E-state index contributed by atoms with van der Waals surface area (Å²) in [6.45, 7) is 6.98. The first-order valence-electron chi connectivity index (χ1n) is 6.77. The Morgan fingerprint density at radius 3 is 2.65 bits per heavy atom. The van der Waals surface area contributed by atoms with Gasteiger partial charge in [0.15, 0.2) is 0 Å². The van der Waals surface area contributed by atoms with Crippen LogP contribution < -0.4 is 5.73 Å². The minimum atomic E-state index is 0.131. The van der Waals surface area contributed by atoms with E-state index in [0.29, 0.717) is 6.04 Å². The normalized spacial score (nSPS) is 24.8. The molecule has 0 spiro atoms. The van der Waals surface area contributed by atoms with Gasteiger partial charge in [-0.15, -0.1) is 0 Å². The fourth-order valence-corrected chi connectivity index (χ4v) is 2.75. The van der Waals surface area contributed by atoms with Gasteiger partial charge in [-0.25, -0.2) is 0 Å². The number of benzene rings is 1. The van der Waals surface area contributed by atoms with E-state index in [9.17, 15) is 0 Å². The molecule has 1 saturated heterocycles. The summed E-state index contributed by atoms with van der Waals surface area (Å²) in [5.74, 6) is 0.875. The molecule has 0 saturated carbocycles. The van der Waals surface area contributed by atoms with Gasteiger partial charge in [0.05, 0.1) is 0 Å². The summed E-state index contributed by atoms with van der Waals surface area (Å²) in [6, 6.07) is 11.0. The Kier molecular flexibility index (Phi) is 4.19. The van der Waals surface area contributed by atoms with E-state index in [1.54, 1.807) is 0 Å². The van der Waals surface area contributed by atoms with Crippen LogP contribution in [-0.2, 0) is 0 Å². The van der Waals surface area contributed by atoms with Crippen LogP contribution in [0.2, 0.25) is 0 Å². The summed E-state index contributed by atoms with van der Waals surface area (Å²) in [5.41, 5.74) is 7.61. The van der Waals surface area contributed by atoms with Crippen molar-refractivity contribution in [3.8, 4) is 0 Å². The minimum absolute atomic E-state index is 0.131. The highest BCUT2D eigenvalue weighted by Gasteiger charge is 2.28. The first kappa shape index (κ1) is 12.6. The lowest BCUT2D eigenvalue weighted by Crippen LogP contribution is -2.39. The molecule has 2 rings (SSSR count). The van der Waals surface area contributed by atoms with E-state index >= 15 is 0 Å². The van der Waals surface area contributed by atoms with Crippen molar-refractivity contribution in [3.63, 3.8) is 0 Å². The molecule has 1 aromatic carbocycles. The van der Waals surface area contributed by atoms with Gasteiger partial charge in [-0.3, -0.25) is 4.90 Å². The lowest BCUT2D eigenvalue weighted by Gasteiger charge is -2.29. The van der Waals surface area contributed by atoms with Gasteiger partial charge in [-0.2, -0.15) is 0 Å². The van der Waals surface area contributed by atoms with E-state index in [0.717, 1.165) is 5.92 Å². The second-order valence-corrected chi connectivity index (χ2v) is 5.23. The standard InChI is InChI=1S/C15H24N2/c1-3-13-9-10-17(11-13)12(2)15(16)14-7-5-4-6-8-14/h4-8,12-13,15H,3,9-11,16H2,1-2H3. The average molecular weight is 232 g/mol. The Hall–Kier alpha value is -0.860. The number of rotatable bonds is 4. The molecule has 0 amide bonds. The van der Waals surface area contributed by atoms with Crippen LogP contribution in [0.25, 0.3) is 0 Å². The Bertz CT molecular complexity index is 336. The van der Waals surface area contributed by atoms with Gasteiger partial charge in [-0.1, -0.05) is 43.7 Å². The maximum atomic E-state index is 6.36. The molecular weight excluding hydrogens is 208 g/mol. The van der Waals surface area contributed by atoms with Crippen molar-refractivity contribution in [2.24, 2.45) is 11.7 Å². The molecule has 2 nitrogen and oxygen atoms in total. The van der Waals surface area contributed by atoms with Crippen LogP contribution in [-0.4, -0.2) is 24.0 Å². The number of hydrogen-bond donors (Lipinski definition) is 1. The second kappa shape index (κ2) is 5.65. The fraction of sp³-hybridized carbons (Fsp3) is 0.600. The molecule has 3 atom stereocenters. The van der Waals surface area contributed by atoms with Gasteiger partial charge in [0, 0.05) is 18.6 Å². The SMILES string of the molecule is CCC1CCN(C(C)C(N)c2ccccc2)C1. The summed E-state index contributed by atoms with van der Waals surface area (Å²) < 4.78 is 0. The second-order valence-electron chi connectivity index (χ2n) is 5.23. The van der Waals surface area contributed by atoms with E-state index in [1.165, 1.54) is 31.5 Å². The van der Waals surface area contributed by atoms with E-state index in [-0.39, 0.29) is 6.04 Å². The number of nitrogens with two attached hydrogens (primary N) is 1. The summed E-state index contributed by atoms with van der Waals surface area (Å²) >= 11 is 0. The van der Waals surface area contributed by atoms with Gasteiger partial charge in [0.25, 0.3) is 0 Å². The molecule has 1 heterocycles. The Morgan fingerprint density at radius 1 is 1.35 bits per heavy atom. The van der Waals surface area contributed by atoms with Crippen LogP contribution in [0, 0.1) is 5.92 Å². The third-order valence-corrected chi connectivity index (χ3v) is 4.17. The third kappa shape index (κ3) is 2.88. The third-order valence-electron chi connectivity index (χ3n) is 4.17. The Balaban J connectivity index is 1.98. The first-order valence-corrected chi connectivity index (χ1v) is 6.77. The summed E-state index contributed by atoms with van der Waals surface area (Å²) in [7, 11) is 0. The molecule has 0 bridgehead atoms. The average Bonchev–Trinajstić information content (AvgIpc) is 2.87. The molecule has 2 N–H and O–H groups in total. The highest BCUT2D eigenvalue weighted by atomic mass is 15.2. The molecule has 3 unspecified atom stereocenters. The van der Waals surface area contributed by atoms with Gasteiger partial charge in [0.1, 0.15) is 0 Å². The van der Waals surface area contributed by atoms with Gasteiger partial charge in [0.2, 0.25) is 0 Å². The number of nitrogens with zero attached hydrogens (tertiary/aromatic N) is 1. The lowest BCUT2D eigenvalue weighted by atomic mass is 10.0. The molecule has 0 aromatic heterocycles.